The average molecular weight is 1030 g/mol. The van der Waals surface area contributed by atoms with E-state index in [4.69, 9.17) is 0 Å². The fourth-order valence-corrected chi connectivity index (χ4v) is 11.2. The minimum atomic E-state index is -1.13. The molecule has 0 saturated carbocycles. The van der Waals surface area contributed by atoms with E-state index < -0.39 is 18.2 Å². The van der Waals surface area contributed by atoms with Crippen molar-refractivity contribution in [1.29, 1.82) is 0 Å². The van der Waals surface area contributed by atoms with Crippen LogP contribution in [0.25, 0.3) is 0 Å². The number of unbranched alkanes of at least 4 members (excludes halogenated alkanes) is 54. The van der Waals surface area contributed by atoms with Gasteiger partial charge in [0.05, 0.1) is 18.8 Å². The molecular formula is C68H135NO4. The molecule has 0 aromatic heterocycles. The number of carbonyl (C=O) groups is 1. The van der Waals surface area contributed by atoms with E-state index in [1.165, 1.54) is 334 Å². The first kappa shape index (κ1) is 72.1. The number of amides is 1. The summed E-state index contributed by atoms with van der Waals surface area (Å²) < 4.78 is 0. The van der Waals surface area contributed by atoms with Crippen molar-refractivity contribution in [2.24, 2.45) is 0 Å². The van der Waals surface area contributed by atoms with Gasteiger partial charge in [0.15, 0.2) is 0 Å². The van der Waals surface area contributed by atoms with Gasteiger partial charge in [-0.2, -0.15) is 0 Å². The van der Waals surface area contributed by atoms with Crippen molar-refractivity contribution in [3.8, 4) is 0 Å². The SMILES string of the molecule is CCCCCCCCCCCCCCCCCC/C=C\CCCCCCCCCCCCCCCCCCCC(=O)NC(CO)C(O)C(O)CCCCCCCCCCCCCCCCCCCCCCCC. The molecule has 3 atom stereocenters. The monoisotopic (exact) mass is 1030 g/mol. The van der Waals surface area contributed by atoms with Crippen LogP contribution in [0.3, 0.4) is 0 Å². The lowest BCUT2D eigenvalue weighted by Crippen LogP contribution is -2.50. The maximum absolute atomic E-state index is 12.6. The van der Waals surface area contributed by atoms with E-state index in [0.717, 1.165) is 32.1 Å². The third-order valence-corrected chi connectivity index (χ3v) is 16.4. The summed E-state index contributed by atoms with van der Waals surface area (Å²) in [5.41, 5.74) is 0. The molecule has 436 valence electrons. The van der Waals surface area contributed by atoms with Crippen molar-refractivity contribution >= 4 is 5.91 Å². The molecule has 0 bridgehead atoms. The van der Waals surface area contributed by atoms with E-state index in [2.05, 4.69) is 31.3 Å². The summed E-state index contributed by atoms with van der Waals surface area (Å²) >= 11 is 0. The molecule has 0 heterocycles. The number of aliphatic hydroxyl groups is 3. The molecule has 0 rings (SSSR count). The Labute approximate surface area is 459 Å². The number of allylic oxidation sites excluding steroid dienone is 2. The Hall–Kier alpha value is -0.910. The van der Waals surface area contributed by atoms with Crippen LogP contribution in [-0.2, 0) is 4.79 Å². The van der Waals surface area contributed by atoms with Crippen molar-refractivity contribution in [2.75, 3.05) is 6.61 Å². The Bertz CT molecular complexity index is 1050. The molecular weight excluding hydrogens is 895 g/mol. The first-order valence-corrected chi connectivity index (χ1v) is 34.0. The summed E-state index contributed by atoms with van der Waals surface area (Å²) in [7, 11) is 0. The quantitative estimate of drug-likeness (QED) is 0.0361. The molecule has 0 spiro atoms. The summed E-state index contributed by atoms with van der Waals surface area (Å²) in [5, 5.41) is 33.9. The van der Waals surface area contributed by atoms with Gasteiger partial charge in [0.1, 0.15) is 6.10 Å². The highest BCUT2D eigenvalue weighted by Gasteiger charge is 2.26. The molecule has 5 nitrogen and oxygen atoms in total. The van der Waals surface area contributed by atoms with Gasteiger partial charge in [-0.15, -0.1) is 0 Å². The Morgan fingerprint density at radius 3 is 0.795 bits per heavy atom. The number of carbonyl (C=O) groups excluding carboxylic acids is 1. The number of nitrogens with one attached hydrogen (secondary N) is 1. The van der Waals surface area contributed by atoms with Crippen LogP contribution in [0.5, 0.6) is 0 Å². The first-order chi connectivity index (χ1) is 36.1. The van der Waals surface area contributed by atoms with Crippen LogP contribution in [0.1, 0.15) is 393 Å². The summed E-state index contributed by atoms with van der Waals surface area (Å²) in [5.74, 6) is -0.136. The maximum atomic E-state index is 12.6. The van der Waals surface area contributed by atoms with Gasteiger partial charge in [0.25, 0.3) is 0 Å². The predicted octanol–water partition coefficient (Wildman–Crippen LogP) is 21.8. The summed E-state index contributed by atoms with van der Waals surface area (Å²) in [6.45, 7) is 4.24. The molecule has 0 fully saturated rings. The second-order valence-electron chi connectivity index (χ2n) is 23.7. The second kappa shape index (κ2) is 63.6. The molecule has 0 aromatic carbocycles. The van der Waals surface area contributed by atoms with E-state index in [1.807, 2.05) is 0 Å². The van der Waals surface area contributed by atoms with Crippen molar-refractivity contribution in [2.45, 2.75) is 411 Å². The van der Waals surface area contributed by atoms with Crippen LogP contribution in [0.4, 0.5) is 0 Å². The number of hydrogen-bond acceptors (Lipinski definition) is 4. The molecule has 0 aliphatic rings. The van der Waals surface area contributed by atoms with E-state index in [0.29, 0.717) is 12.8 Å². The third-order valence-electron chi connectivity index (χ3n) is 16.4. The Kier molecular flexibility index (Phi) is 62.8. The highest BCUT2D eigenvalue weighted by molar-refractivity contribution is 5.76. The van der Waals surface area contributed by atoms with Gasteiger partial charge in [-0.05, 0) is 38.5 Å². The molecule has 5 heteroatoms. The molecule has 0 aliphatic carbocycles. The van der Waals surface area contributed by atoms with E-state index in [1.54, 1.807) is 0 Å². The normalized spacial score (nSPS) is 13.1. The molecule has 3 unspecified atom stereocenters. The van der Waals surface area contributed by atoms with Crippen LogP contribution in [0, 0.1) is 0 Å². The number of hydrogen-bond donors (Lipinski definition) is 4. The van der Waals surface area contributed by atoms with Gasteiger partial charge in [0.2, 0.25) is 5.91 Å². The molecule has 0 saturated heterocycles. The molecule has 0 radical (unpaired) electrons. The van der Waals surface area contributed by atoms with Crippen molar-refractivity contribution in [3.63, 3.8) is 0 Å². The minimum Gasteiger partial charge on any atom is -0.394 e. The molecule has 4 N–H and O–H groups in total. The average Bonchev–Trinajstić information content (AvgIpc) is 3.40. The van der Waals surface area contributed by atoms with Gasteiger partial charge in [-0.25, -0.2) is 0 Å². The lowest BCUT2D eigenvalue weighted by molar-refractivity contribution is -0.124. The van der Waals surface area contributed by atoms with Gasteiger partial charge in [-0.1, -0.05) is 360 Å². The van der Waals surface area contributed by atoms with Crippen molar-refractivity contribution in [3.05, 3.63) is 12.2 Å². The zero-order valence-corrected chi connectivity index (χ0v) is 50.1. The summed E-state index contributed by atoms with van der Waals surface area (Å²) in [6.07, 6.45) is 81.4. The van der Waals surface area contributed by atoms with E-state index >= 15 is 0 Å². The molecule has 73 heavy (non-hydrogen) atoms. The maximum Gasteiger partial charge on any atom is 0.220 e. The topological polar surface area (TPSA) is 89.8 Å². The van der Waals surface area contributed by atoms with Crippen molar-refractivity contribution in [1.82, 2.24) is 5.32 Å². The summed E-state index contributed by atoms with van der Waals surface area (Å²) in [6, 6.07) is -0.807. The Morgan fingerprint density at radius 1 is 0.329 bits per heavy atom. The third kappa shape index (κ3) is 58.6. The van der Waals surface area contributed by atoms with Crippen LogP contribution in [-0.4, -0.2) is 46.1 Å². The zero-order chi connectivity index (χ0) is 52.9. The molecule has 0 aromatic rings. The van der Waals surface area contributed by atoms with Crippen LogP contribution >= 0.6 is 0 Å². The number of aliphatic hydroxyl groups excluding tert-OH is 3. The molecule has 0 aliphatic heterocycles. The zero-order valence-electron chi connectivity index (χ0n) is 50.1. The van der Waals surface area contributed by atoms with Crippen molar-refractivity contribution < 1.29 is 20.1 Å². The summed E-state index contributed by atoms with van der Waals surface area (Å²) in [4.78, 5) is 12.6. The van der Waals surface area contributed by atoms with Gasteiger partial charge < -0.3 is 20.6 Å². The minimum absolute atomic E-state index is 0.136. The fourth-order valence-electron chi connectivity index (χ4n) is 11.2. The lowest BCUT2D eigenvalue weighted by Gasteiger charge is -2.26. The van der Waals surface area contributed by atoms with Gasteiger partial charge >= 0.3 is 0 Å². The highest BCUT2D eigenvalue weighted by Crippen LogP contribution is 2.19. The highest BCUT2D eigenvalue weighted by atomic mass is 16.3. The van der Waals surface area contributed by atoms with Gasteiger partial charge in [0, 0.05) is 6.42 Å². The first-order valence-electron chi connectivity index (χ1n) is 34.0. The second-order valence-corrected chi connectivity index (χ2v) is 23.7. The van der Waals surface area contributed by atoms with Crippen LogP contribution < -0.4 is 5.32 Å². The van der Waals surface area contributed by atoms with Gasteiger partial charge in [-0.3, -0.25) is 4.79 Å². The van der Waals surface area contributed by atoms with E-state index in [9.17, 15) is 20.1 Å². The Morgan fingerprint density at radius 2 is 0.548 bits per heavy atom. The lowest BCUT2D eigenvalue weighted by atomic mass is 9.99. The smallest absolute Gasteiger partial charge is 0.220 e. The Balaban J connectivity index is 3.44. The van der Waals surface area contributed by atoms with Crippen LogP contribution in [0.15, 0.2) is 12.2 Å². The molecule has 1 amide bonds. The standard InChI is InChI=1S/C68H135NO4/c1-3-5-7-9-11-13-15-17-19-21-23-25-27-28-29-30-31-32-33-34-35-36-37-38-39-40-41-43-45-47-49-51-53-55-57-59-61-63-67(72)69-65(64-70)68(73)66(71)62-60-58-56-54-52-50-48-46-44-42-26-24-22-20-18-16-14-12-10-8-6-4-2/h32-33,65-66,68,70-71,73H,3-31,34-64H2,1-2H3,(H,69,72)/b33-32-. The van der Waals surface area contributed by atoms with E-state index in [-0.39, 0.29) is 12.5 Å². The predicted molar refractivity (Wildman–Crippen MR) is 324 cm³/mol. The largest absolute Gasteiger partial charge is 0.394 e. The van der Waals surface area contributed by atoms with Crippen LogP contribution in [0.2, 0.25) is 0 Å². The number of rotatable bonds is 64. The fraction of sp³-hybridized carbons (Fsp3) is 0.956.